The summed E-state index contributed by atoms with van der Waals surface area (Å²) >= 11 is 0. The molecule has 0 aliphatic rings. The summed E-state index contributed by atoms with van der Waals surface area (Å²) in [4.78, 5) is 0. The first-order chi connectivity index (χ1) is 9.09. The molecule has 0 bridgehead atoms. The molecule has 2 nitrogen and oxygen atoms in total. The fourth-order valence-electron chi connectivity index (χ4n) is 2.46. The SMILES string of the molecule is CCCCCCCCCCCCC(O)C(O)C(C)C. The second kappa shape index (κ2) is 12.9. The predicted molar refractivity (Wildman–Crippen MR) is 83.3 cm³/mol. The van der Waals surface area contributed by atoms with Crippen LogP contribution in [0.5, 0.6) is 0 Å². The lowest BCUT2D eigenvalue weighted by molar-refractivity contribution is -0.0132. The van der Waals surface area contributed by atoms with Gasteiger partial charge >= 0.3 is 0 Å². The molecule has 0 amide bonds. The number of hydrogen-bond acceptors (Lipinski definition) is 2. The van der Waals surface area contributed by atoms with Gasteiger partial charge in [0, 0.05) is 0 Å². The summed E-state index contributed by atoms with van der Waals surface area (Å²) in [6.07, 6.45) is 12.7. The van der Waals surface area contributed by atoms with Crippen LogP contribution in [0.2, 0.25) is 0 Å². The van der Waals surface area contributed by atoms with Crippen LogP contribution in [0.4, 0.5) is 0 Å². The van der Waals surface area contributed by atoms with Crippen LogP contribution in [0.1, 0.15) is 91.4 Å². The van der Waals surface area contributed by atoms with Gasteiger partial charge in [-0.25, -0.2) is 0 Å². The topological polar surface area (TPSA) is 40.5 Å². The van der Waals surface area contributed by atoms with E-state index in [4.69, 9.17) is 0 Å². The third-order valence-electron chi connectivity index (χ3n) is 3.93. The van der Waals surface area contributed by atoms with E-state index in [2.05, 4.69) is 6.92 Å². The zero-order valence-corrected chi connectivity index (χ0v) is 13.4. The van der Waals surface area contributed by atoms with Crippen LogP contribution in [0.3, 0.4) is 0 Å². The molecule has 0 saturated heterocycles. The van der Waals surface area contributed by atoms with Crippen molar-refractivity contribution >= 4 is 0 Å². The molecule has 19 heavy (non-hydrogen) atoms. The smallest absolute Gasteiger partial charge is 0.0821 e. The molecule has 0 aromatic rings. The van der Waals surface area contributed by atoms with Gasteiger partial charge in [-0.2, -0.15) is 0 Å². The Balaban J connectivity index is 3.22. The fourth-order valence-corrected chi connectivity index (χ4v) is 2.46. The second-order valence-electron chi connectivity index (χ2n) is 6.27. The molecule has 0 saturated carbocycles. The number of rotatable bonds is 13. The molecule has 0 fully saturated rings. The third kappa shape index (κ3) is 11.4. The minimum atomic E-state index is -0.557. The van der Waals surface area contributed by atoms with Crippen molar-refractivity contribution in [3.05, 3.63) is 0 Å². The van der Waals surface area contributed by atoms with Gasteiger partial charge in [-0.05, 0) is 12.3 Å². The van der Waals surface area contributed by atoms with Gasteiger partial charge < -0.3 is 10.2 Å². The maximum Gasteiger partial charge on any atom is 0.0821 e. The van der Waals surface area contributed by atoms with Gasteiger partial charge in [0.1, 0.15) is 0 Å². The Labute approximate surface area is 120 Å². The quantitative estimate of drug-likeness (QED) is 0.478. The van der Waals surface area contributed by atoms with Gasteiger partial charge in [0.25, 0.3) is 0 Å². The molecule has 2 N–H and O–H groups in total. The van der Waals surface area contributed by atoms with E-state index in [0.29, 0.717) is 0 Å². The summed E-state index contributed by atoms with van der Waals surface area (Å²) < 4.78 is 0. The number of unbranched alkanes of at least 4 members (excludes halogenated alkanes) is 9. The van der Waals surface area contributed by atoms with E-state index in [1.165, 1.54) is 57.8 Å². The van der Waals surface area contributed by atoms with Crippen molar-refractivity contribution in [1.82, 2.24) is 0 Å². The van der Waals surface area contributed by atoms with Crippen molar-refractivity contribution in [2.45, 2.75) is 104 Å². The van der Waals surface area contributed by atoms with Crippen molar-refractivity contribution in [2.75, 3.05) is 0 Å². The maximum atomic E-state index is 9.76. The van der Waals surface area contributed by atoms with Crippen LogP contribution in [0.25, 0.3) is 0 Å². The highest BCUT2D eigenvalue weighted by Crippen LogP contribution is 2.15. The maximum absolute atomic E-state index is 9.76. The first kappa shape index (κ1) is 18.9. The summed E-state index contributed by atoms with van der Waals surface area (Å²) in [5.41, 5.74) is 0. The van der Waals surface area contributed by atoms with E-state index in [-0.39, 0.29) is 5.92 Å². The lowest BCUT2D eigenvalue weighted by Gasteiger charge is -2.20. The average Bonchev–Trinajstić information content (AvgIpc) is 2.39. The monoisotopic (exact) mass is 272 g/mol. The van der Waals surface area contributed by atoms with E-state index >= 15 is 0 Å². The molecule has 0 aromatic carbocycles. The fraction of sp³-hybridized carbons (Fsp3) is 1.00. The molecule has 0 aliphatic heterocycles. The number of aliphatic hydroxyl groups excluding tert-OH is 2. The van der Waals surface area contributed by atoms with Crippen molar-refractivity contribution in [1.29, 1.82) is 0 Å². The minimum absolute atomic E-state index is 0.151. The Kier molecular flexibility index (Phi) is 12.9. The molecule has 0 spiro atoms. The van der Waals surface area contributed by atoms with Gasteiger partial charge in [-0.1, -0.05) is 85.0 Å². The van der Waals surface area contributed by atoms with Crippen LogP contribution in [-0.2, 0) is 0 Å². The van der Waals surface area contributed by atoms with Crippen LogP contribution in [-0.4, -0.2) is 22.4 Å². The first-order valence-electron chi connectivity index (χ1n) is 8.45. The first-order valence-corrected chi connectivity index (χ1v) is 8.45. The molecule has 116 valence electrons. The molecule has 0 rings (SSSR count). The summed E-state index contributed by atoms with van der Waals surface area (Å²) in [6.45, 7) is 6.16. The van der Waals surface area contributed by atoms with E-state index in [1.54, 1.807) is 0 Å². The highest BCUT2D eigenvalue weighted by molar-refractivity contribution is 4.70. The van der Waals surface area contributed by atoms with Gasteiger partial charge in [0.2, 0.25) is 0 Å². The molecular weight excluding hydrogens is 236 g/mol. The number of hydrogen-bond donors (Lipinski definition) is 2. The van der Waals surface area contributed by atoms with Gasteiger partial charge in [0.05, 0.1) is 12.2 Å². The third-order valence-corrected chi connectivity index (χ3v) is 3.93. The summed E-state index contributed by atoms with van der Waals surface area (Å²) in [6, 6.07) is 0. The van der Waals surface area contributed by atoms with E-state index in [1.807, 2.05) is 13.8 Å². The molecule has 0 heterocycles. The van der Waals surface area contributed by atoms with E-state index in [0.717, 1.165) is 12.8 Å². The Hall–Kier alpha value is -0.0800. The predicted octanol–water partition coefficient (Wildman–Crippen LogP) is 4.68. The highest BCUT2D eigenvalue weighted by Gasteiger charge is 2.18. The molecule has 2 unspecified atom stereocenters. The minimum Gasteiger partial charge on any atom is -0.390 e. The molecule has 0 aliphatic carbocycles. The Bertz CT molecular complexity index is 180. The Morgan fingerprint density at radius 3 is 1.53 bits per heavy atom. The molecular formula is C17H36O2. The summed E-state index contributed by atoms with van der Waals surface area (Å²) in [7, 11) is 0. The lowest BCUT2D eigenvalue weighted by atomic mass is 9.97. The van der Waals surface area contributed by atoms with Crippen molar-refractivity contribution in [3.63, 3.8) is 0 Å². The van der Waals surface area contributed by atoms with Crippen molar-refractivity contribution in [3.8, 4) is 0 Å². The normalized spacial score (nSPS) is 14.8. The Morgan fingerprint density at radius 1 is 0.684 bits per heavy atom. The largest absolute Gasteiger partial charge is 0.390 e. The molecule has 2 atom stereocenters. The summed E-state index contributed by atoms with van der Waals surface area (Å²) in [5, 5.41) is 19.4. The lowest BCUT2D eigenvalue weighted by Crippen LogP contribution is -2.30. The van der Waals surface area contributed by atoms with Crippen LogP contribution < -0.4 is 0 Å². The zero-order chi connectivity index (χ0) is 14.5. The highest BCUT2D eigenvalue weighted by atomic mass is 16.3. The average molecular weight is 272 g/mol. The van der Waals surface area contributed by atoms with Crippen LogP contribution in [0.15, 0.2) is 0 Å². The van der Waals surface area contributed by atoms with Gasteiger partial charge in [-0.15, -0.1) is 0 Å². The van der Waals surface area contributed by atoms with Gasteiger partial charge in [-0.3, -0.25) is 0 Å². The van der Waals surface area contributed by atoms with Gasteiger partial charge in [0.15, 0.2) is 0 Å². The second-order valence-corrected chi connectivity index (χ2v) is 6.27. The standard InChI is InChI=1S/C17H36O2/c1-4-5-6-7-8-9-10-11-12-13-14-16(18)17(19)15(2)3/h15-19H,4-14H2,1-3H3. The molecule has 0 aromatic heterocycles. The van der Waals surface area contributed by atoms with E-state index < -0.39 is 12.2 Å². The van der Waals surface area contributed by atoms with Crippen LogP contribution in [0, 0.1) is 5.92 Å². The zero-order valence-electron chi connectivity index (χ0n) is 13.4. The molecule has 2 heteroatoms. The Morgan fingerprint density at radius 2 is 1.11 bits per heavy atom. The van der Waals surface area contributed by atoms with Crippen molar-refractivity contribution in [2.24, 2.45) is 5.92 Å². The van der Waals surface area contributed by atoms with Crippen LogP contribution >= 0.6 is 0 Å². The van der Waals surface area contributed by atoms with Crippen molar-refractivity contribution < 1.29 is 10.2 Å². The molecule has 0 radical (unpaired) electrons. The summed E-state index contributed by atoms with van der Waals surface area (Å²) in [5.74, 6) is 0.151. The van der Waals surface area contributed by atoms with E-state index in [9.17, 15) is 10.2 Å². The number of aliphatic hydroxyl groups is 2.